The molecule has 2 aromatic rings. The van der Waals surface area contributed by atoms with Crippen molar-refractivity contribution in [2.24, 2.45) is 0 Å². The van der Waals surface area contributed by atoms with E-state index in [1.807, 2.05) is 0 Å². The van der Waals surface area contributed by atoms with E-state index < -0.39 is 17.1 Å². The molecule has 0 bridgehead atoms. The van der Waals surface area contributed by atoms with E-state index in [0.29, 0.717) is 0 Å². The third kappa shape index (κ3) is 1.24. The van der Waals surface area contributed by atoms with Crippen molar-refractivity contribution in [3.63, 3.8) is 0 Å². The zero-order valence-corrected chi connectivity index (χ0v) is 8.36. The van der Waals surface area contributed by atoms with Gasteiger partial charge < -0.3 is 4.98 Å². The van der Waals surface area contributed by atoms with Crippen LogP contribution in [0.25, 0.3) is 10.9 Å². The molecule has 0 spiro atoms. The molecule has 0 aliphatic carbocycles. The molecule has 1 aromatic carbocycles. The molecule has 2 nitrogen and oxygen atoms in total. The molecule has 1 aromatic heterocycles. The summed E-state index contributed by atoms with van der Waals surface area (Å²) in [6, 6.07) is 1.94. The average Bonchev–Trinajstić information content (AvgIpc) is 2.14. The normalized spacial score (nSPS) is 10.8. The number of halogens is 3. The molecule has 5 heteroatoms. The van der Waals surface area contributed by atoms with E-state index in [2.05, 4.69) is 20.9 Å². The fourth-order valence-corrected chi connectivity index (χ4v) is 1.76. The Hall–Kier alpha value is -1.23. The van der Waals surface area contributed by atoms with E-state index in [4.69, 9.17) is 0 Å². The van der Waals surface area contributed by atoms with E-state index in [1.165, 1.54) is 12.3 Å². The minimum Gasteiger partial charge on any atom is -0.359 e. The van der Waals surface area contributed by atoms with Gasteiger partial charge in [0.25, 0.3) is 0 Å². The Morgan fingerprint density at radius 1 is 1.29 bits per heavy atom. The summed E-state index contributed by atoms with van der Waals surface area (Å²) in [7, 11) is 0. The number of benzene rings is 1. The van der Waals surface area contributed by atoms with Crippen molar-refractivity contribution in [2.75, 3.05) is 0 Å². The summed E-state index contributed by atoms with van der Waals surface area (Å²) in [5, 5.41) is -0.00926. The van der Waals surface area contributed by atoms with Gasteiger partial charge in [0.15, 0.2) is 5.43 Å². The van der Waals surface area contributed by atoms with Crippen LogP contribution < -0.4 is 5.43 Å². The monoisotopic (exact) mass is 259 g/mol. The Bertz CT molecular complexity index is 564. The van der Waals surface area contributed by atoms with Crippen LogP contribution in [0.4, 0.5) is 8.78 Å². The molecule has 0 aliphatic rings. The largest absolute Gasteiger partial charge is 0.359 e. The van der Waals surface area contributed by atoms with Crippen molar-refractivity contribution in [3.8, 4) is 0 Å². The second kappa shape index (κ2) is 3.16. The van der Waals surface area contributed by atoms with Gasteiger partial charge >= 0.3 is 0 Å². The lowest BCUT2D eigenvalue weighted by Crippen LogP contribution is -2.03. The highest BCUT2D eigenvalue weighted by Gasteiger charge is 2.12. The van der Waals surface area contributed by atoms with Crippen molar-refractivity contribution >= 4 is 26.8 Å². The molecule has 14 heavy (non-hydrogen) atoms. The molecule has 0 unspecified atom stereocenters. The van der Waals surface area contributed by atoms with Crippen LogP contribution in [0.5, 0.6) is 0 Å². The quantitative estimate of drug-likeness (QED) is 0.725. The Morgan fingerprint density at radius 2 is 2.00 bits per heavy atom. The summed E-state index contributed by atoms with van der Waals surface area (Å²) in [5.74, 6) is -1.56. The van der Waals surface area contributed by atoms with Crippen LogP contribution in [0.15, 0.2) is 27.6 Å². The number of hydrogen-bond donors (Lipinski definition) is 1. The summed E-state index contributed by atoms with van der Waals surface area (Å²) >= 11 is 2.90. The Balaban J connectivity index is 3.11. The van der Waals surface area contributed by atoms with Crippen molar-refractivity contribution in [1.82, 2.24) is 4.98 Å². The zero-order valence-electron chi connectivity index (χ0n) is 6.77. The average molecular weight is 260 g/mol. The fraction of sp³-hybridized carbons (Fsp3) is 0. The van der Waals surface area contributed by atoms with Gasteiger partial charge in [-0.1, -0.05) is 0 Å². The lowest BCUT2D eigenvalue weighted by Gasteiger charge is -2.01. The van der Waals surface area contributed by atoms with Crippen LogP contribution in [0, 0.1) is 11.6 Å². The van der Waals surface area contributed by atoms with Crippen LogP contribution in [0.2, 0.25) is 0 Å². The van der Waals surface area contributed by atoms with E-state index >= 15 is 0 Å². The first-order chi connectivity index (χ1) is 6.61. The van der Waals surface area contributed by atoms with Crippen LogP contribution >= 0.6 is 15.9 Å². The molecule has 0 atom stereocenters. The van der Waals surface area contributed by atoms with Crippen molar-refractivity contribution in [2.45, 2.75) is 0 Å². The van der Waals surface area contributed by atoms with Gasteiger partial charge in [0.05, 0.1) is 15.4 Å². The second-order valence-corrected chi connectivity index (χ2v) is 3.54. The number of pyridine rings is 1. The molecule has 0 saturated carbocycles. The Morgan fingerprint density at radius 3 is 2.71 bits per heavy atom. The van der Waals surface area contributed by atoms with E-state index in [1.54, 1.807) is 0 Å². The number of nitrogens with one attached hydrogen (secondary N) is 1. The molecule has 1 heterocycles. The van der Waals surface area contributed by atoms with Gasteiger partial charge in [-0.2, -0.15) is 0 Å². The molecule has 0 aliphatic heterocycles. The molecule has 0 radical (unpaired) electrons. The smallest absolute Gasteiger partial charge is 0.190 e. The zero-order chi connectivity index (χ0) is 10.3. The summed E-state index contributed by atoms with van der Waals surface area (Å²) in [4.78, 5) is 13.9. The van der Waals surface area contributed by atoms with Crippen molar-refractivity contribution in [3.05, 3.63) is 44.7 Å². The molecular formula is C9H4BrF2NO. The molecule has 0 fully saturated rings. The predicted molar refractivity (Wildman–Crippen MR) is 52.2 cm³/mol. The van der Waals surface area contributed by atoms with E-state index in [9.17, 15) is 13.6 Å². The highest BCUT2D eigenvalue weighted by molar-refractivity contribution is 9.10. The van der Waals surface area contributed by atoms with Crippen LogP contribution in [0.3, 0.4) is 0 Å². The first kappa shape index (κ1) is 9.33. The van der Waals surface area contributed by atoms with Crippen LogP contribution in [-0.4, -0.2) is 4.98 Å². The maximum absolute atomic E-state index is 13.2. The molecule has 2 rings (SSSR count). The highest BCUT2D eigenvalue weighted by atomic mass is 79.9. The molecule has 1 N–H and O–H groups in total. The topological polar surface area (TPSA) is 32.9 Å². The molecule has 72 valence electrons. The van der Waals surface area contributed by atoms with Crippen molar-refractivity contribution < 1.29 is 8.78 Å². The lowest BCUT2D eigenvalue weighted by atomic mass is 10.2. The van der Waals surface area contributed by atoms with Crippen molar-refractivity contribution in [1.29, 1.82) is 0 Å². The highest BCUT2D eigenvalue weighted by Crippen LogP contribution is 2.24. The van der Waals surface area contributed by atoms with Gasteiger partial charge in [0, 0.05) is 18.3 Å². The summed E-state index contributed by atoms with van der Waals surface area (Å²) in [6.07, 6.45) is 1.32. The Kier molecular flexibility index (Phi) is 2.11. The van der Waals surface area contributed by atoms with E-state index in [0.717, 1.165) is 6.07 Å². The second-order valence-electron chi connectivity index (χ2n) is 2.75. The fourth-order valence-electron chi connectivity index (χ4n) is 1.25. The molecular weight excluding hydrogens is 256 g/mol. The number of hydrogen-bond acceptors (Lipinski definition) is 1. The van der Waals surface area contributed by atoms with Gasteiger partial charge in [-0.15, -0.1) is 0 Å². The van der Waals surface area contributed by atoms with E-state index in [-0.39, 0.29) is 15.4 Å². The van der Waals surface area contributed by atoms with Gasteiger partial charge in [-0.25, -0.2) is 8.78 Å². The van der Waals surface area contributed by atoms with Gasteiger partial charge in [0.1, 0.15) is 11.6 Å². The molecule has 0 saturated heterocycles. The third-order valence-corrected chi connectivity index (χ3v) is 2.66. The number of aromatic amines is 1. The summed E-state index contributed by atoms with van der Waals surface area (Å²) in [6.45, 7) is 0. The Labute approximate surface area is 85.7 Å². The van der Waals surface area contributed by atoms with Gasteiger partial charge in [-0.3, -0.25) is 4.79 Å². The summed E-state index contributed by atoms with van der Waals surface area (Å²) in [5.41, 5.74) is -0.421. The standard InChI is InChI=1S/C9H4BrF2NO/c10-8-4(11)3-5(12)9-7(8)6(14)1-2-13-9/h1-3H,(H,13,14). The SMILES string of the molecule is O=c1cc[nH]c2c(F)cc(F)c(Br)c12. The minimum atomic E-state index is -0.785. The number of H-pyrrole nitrogens is 1. The maximum Gasteiger partial charge on any atom is 0.190 e. The number of aromatic nitrogens is 1. The number of fused-ring (bicyclic) bond motifs is 1. The van der Waals surface area contributed by atoms with Gasteiger partial charge in [0.2, 0.25) is 0 Å². The molecule has 0 amide bonds. The first-order valence-electron chi connectivity index (χ1n) is 3.76. The lowest BCUT2D eigenvalue weighted by molar-refractivity contribution is 0.586. The predicted octanol–water partition coefficient (Wildman–Crippen LogP) is 2.57. The first-order valence-corrected chi connectivity index (χ1v) is 4.55. The summed E-state index contributed by atoms with van der Waals surface area (Å²) < 4.78 is 26.2. The number of rotatable bonds is 0. The van der Waals surface area contributed by atoms with Crippen LogP contribution in [-0.2, 0) is 0 Å². The minimum absolute atomic E-state index is 0.00535. The third-order valence-electron chi connectivity index (χ3n) is 1.88. The van der Waals surface area contributed by atoms with Crippen LogP contribution in [0.1, 0.15) is 0 Å². The van der Waals surface area contributed by atoms with Gasteiger partial charge in [-0.05, 0) is 15.9 Å². The maximum atomic E-state index is 13.2.